The zero-order valence-corrected chi connectivity index (χ0v) is 14.3. The minimum atomic E-state index is -4.58. The van der Waals surface area contributed by atoms with E-state index in [4.69, 9.17) is 16.0 Å². The van der Waals surface area contributed by atoms with Crippen molar-refractivity contribution in [2.24, 2.45) is 0 Å². The van der Waals surface area contributed by atoms with Crippen LogP contribution < -0.4 is 4.72 Å². The molecule has 0 amide bonds. The molecule has 1 atom stereocenters. The second-order valence-electron chi connectivity index (χ2n) is 5.11. The molecule has 1 N–H and O–H groups in total. The van der Waals surface area contributed by atoms with Crippen LogP contribution >= 0.6 is 11.6 Å². The van der Waals surface area contributed by atoms with Crippen LogP contribution in [0.2, 0.25) is 0 Å². The standard InChI is InChI=1S/C14H14ClF3N2O3S/c1-8-7-19-13(23-8)9(2)20-24(21,22)12-4-3-11(14(16,17)18)5-10(12)6-15/h3-5,7,9,20H,6H2,1-2H3. The molecule has 1 unspecified atom stereocenters. The van der Waals surface area contributed by atoms with E-state index in [1.165, 1.54) is 13.1 Å². The van der Waals surface area contributed by atoms with Crippen LogP contribution in [-0.4, -0.2) is 13.4 Å². The third-order valence-corrected chi connectivity index (χ3v) is 5.09. The molecule has 5 nitrogen and oxygen atoms in total. The molecule has 0 spiro atoms. The Hall–Kier alpha value is -1.58. The Morgan fingerprint density at radius 2 is 2.04 bits per heavy atom. The largest absolute Gasteiger partial charge is 0.444 e. The van der Waals surface area contributed by atoms with E-state index < -0.39 is 27.8 Å². The molecule has 10 heteroatoms. The van der Waals surface area contributed by atoms with Gasteiger partial charge in [-0.1, -0.05) is 0 Å². The number of alkyl halides is 4. The van der Waals surface area contributed by atoms with Crippen LogP contribution in [0.1, 0.15) is 35.7 Å². The van der Waals surface area contributed by atoms with Crippen molar-refractivity contribution in [3.8, 4) is 0 Å². The number of hydrogen-bond donors (Lipinski definition) is 1. The van der Waals surface area contributed by atoms with E-state index in [0.29, 0.717) is 11.8 Å². The van der Waals surface area contributed by atoms with E-state index >= 15 is 0 Å². The Labute approximate surface area is 141 Å². The Balaban J connectivity index is 2.35. The summed E-state index contributed by atoms with van der Waals surface area (Å²) in [6.07, 6.45) is -3.15. The first kappa shape index (κ1) is 18.8. The summed E-state index contributed by atoms with van der Waals surface area (Å²) in [7, 11) is -4.11. The lowest BCUT2D eigenvalue weighted by Gasteiger charge is -2.15. The molecule has 132 valence electrons. The topological polar surface area (TPSA) is 72.2 Å². The number of halogens is 4. The predicted octanol–water partition coefficient (Wildman–Crippen LogP) is 3.78. The van der Waals surface area contributed by atoms with Gasteiger partial charge in [-0.2, -0.15) is 17.9 Å². The summed E-state index contributed by atoms with van der Waals surface area (Å²) in [5.74, 6) is 0.273. The average Bonchev–Trinajstić information content (AvgIpc) is 2.92. The maximum absolute atomic E-state index is 12.7. The molecule has 0 aliphatic carbocycles. The number of nitrogens with zero attached hydrogens (tertiary/aromatic N) is 1. The van der Waals surface area contributed by atoms with Crippen LogP contribution in [-0.2, 0) is 22.1 Å². The lowest BCUT2D eigenvalue weighted by Crippen LogP contribution is -2.28. The first-order valence-corrected chi connectivity index (χ1v) is 8.77. The highest BCUT2D eigenvalue weighted by molar-refractivity contribution is 7.89. The van der Waals surface area contributed by atoms with Crippen molar-refractivity contribution in [2.75, 3.05) is 0 Å². The molecule has 0 aliphatic rings. The maximum atomic E-state index is 12.7. The quantitative estimate of drug-likeness (QED) is 0.799. The number of aromatic nitrogens is 1. The van der Waals surface area contributed by atoms with Gasteiger partial charge < -0.3 is 4.42 Å². The molecule has 0 saturated carbocycles. The van der Waals surface area contributed by atoms with Crippen molar-refractivity contribution in [1.82, 2.24) is 9.71 Å². The Kier molecular flexibility index (Phi) is 5.26. The molecule has 1 aromatic heterocycles. The maximum Gasteiger partial charge on any atom is 0.416 e. The minimum Gasteiger partial charge on any atom is -0.444 e. The van der Waals surface area contributed by atoms with Crippen LogP contribution in [0, 0.1) is 6.92 Å². The van der Waals surface area contributed by atoms with E-state index in [0.717, 1.165) is 12.1 Å². The summed E-state index contributed by atoms with van der Waals surface area (Å²) in [4.78, 5) is 3.60. The van der Waals surface area contributed by atoms with Gasteiger partial charge in [-0.3, -0.25) is 0 Å². The summed E-state index contributed by atoms with van der Waals surface area (Å²) in [5, 5.41) is 0. The van der Waals surface area contributed by atoms with E-state index in [2.05, 4.69) is 9.71 Å². The first-order chi connectivity index (χ1) is 11.0. The zero-order valence-electron chi connectivity index (χ0n) is 12.7. The van der Waals surface area contributed by atoms with Crippen molar-refractivity contribution < 1.29 is 26.0 Å². The number of nitrogens with one attached hydrogen (secondary N) is 1. The molecule has 0 radical (unpaired) electrons. The Morgan fingerprint density at radius 1 is 1.38 bits per heavy atom. The fraction of sp³-hybridized carbons (Fsp3) is 0.357. The fourth-order valence-corrected chi connectivity index (χ4v) is 3.76. The van der Waals surface area contributed by atoms with Gasteiger partial charge >= 0.3 is 6.18 Å². The average molecular weight is 383 g/mol. The van der Waals surface area contributed by atoms with Gasteiger partial charge in [-0.25, -0.2) is 13.4 Å². The van der Waals surface area contributed by atoms with Crippen LogP contribution in [0.3, 0.4) is 0 Å². The third-order valence-electron chi connectivity index (χ3n) is 3.16. The number of benzene rings is 1. The van der Waals surface area contributed by atoms with E-state index in [1.807, 2.05) is 0 Å². The molecule has 24 heavy (non-hydrogen) atoms. The van der Waals surface area contributed by atoms with Crippen LogP contribution in [0.5, 0.6) is 0 Å². The van der Waals surface area contributed by atoms with Crippen LogP contribution in [0.15, 0.2) is 33.7 Å². The van der Waals surface area contributed by atoms with Gasteiger partial charge in [0.2, 0.25) is 15.9 Å². The Bertz CT molecular complexity index is 834. The molecule has 1 aromatic carbocycles. The molecular formula is C14H14ClF3N2O3S. The smallest absolute Gasteiger partial charge is 0.416 e. The molecule has 0 fully saturated rings. The van der Waals surface area contributed by atoms with Crippen molar-refractivity contribution in [3.63, 3.8) is 0 Å². The summed E-state index contributed by atoms with van der Waals surface area (Å²) in [6.45, 7) is 3.16. The number of oxazole rings is 1. The van der Waals surface area contributed by atoms with Gasteiger partial charge in [0.05, 0.1) is 22.7 Å². The van der Waals surface area contributed by atoms with E-state index in [9.17, 15) is 21.6 Å². The predicted molar refractivity (Wildman–Crippen MR) is 81.0 cm³/mol. The molecular weight excluding hydrogens is 369 g/mol. The summed E-state index contributed by atoms with van der Waals surface area (Å²) in [5.41, 5.74) is -1.11. The Morgan fingerprint density at radius 3 is 2.54 bits per heavy atom. The highest BCUT2D eigenvalue weighted by Gasteiger charge is 2.32. The summed E-state index contributed by atoms with van der Waals surface area (Å²) >= 11 is 5.63. The fourth-order valence-electron chi connectivity index (χ4n) is 2.04. The molecule has 2 aromatic rings. The lowest BCUT2D eigenvalue weighted by atomic mass is 10.1. The third kappa shape index (κ3) is 4.08. The van der Waals surface area contributed by atoms with Gasteiger partial charge in [0.15, 0.2) is 0 Å². The van der Waals surface area contributed by atoms with Gasteiger partial charge in [-0.05, 0) is 37.6 Å². The van der Waals surface area contributed by atoms with Crippen LogP contribution in [0.4, 0.5) is 13.2 Å². The summed E-state index contributed by atoms with van der Waals surface area (Å²) < 4.78 is 70.6. The highest BCUT2D eigenvalue weighted by atomic mass is 35.5. The minimum absolute atomic E-state index is 0.144. The van der Waals surface area contributed by atoms with Gasteiger partial charge in [-0.15, -0.1) is 11.6 Å². The van der Waals surface area contributed by atoms with Gasteiger partial charge in [0.25, 0.3) is 0 Å². The zero-order chi connectivity index (χ0) is 18.1. The molecule has 0 aliphatic heterocycles. The van der Waals surface area contributed by atoms with Gasteiger partial charge in [0.1, 0.15) is 5.76 Å². The van der Waals surface area contributed by atoms with Crippen LogP contribution in [0.25, 0.3) is 0 Å². The number of aryl methyl sites for hydroxylation is 1. The number of rotatable bonds is 5. The van der Waals surface area contributed by atoms with E-state index in [-0.39, 0.29) is 22.2 Å². The second-order valence-corrected chi connectivity index (χ2v) is 7.06. The van der Waals surface area contributed by atoms with Crippen molar-refractivity contribution in [2.45, 2.75) is 36.8 Å². The van der Waals surface area contributed by atoms with E-state index in [1.54, 1.807) is 6.92 Å². The lowest BCUT2D eigenvalue weighted by molar-refractivity contribution is -0.137. The van der Waals surface area contributed by atoms with Crippen molar-refractivity contribution >= 4 is 21.6 Å². The normalized spacial score (nSPS) is 13.9. The molecule has 0 saturated heterocycles. The second kappa shape index (κ2) is 6.73. The SMILES string of the molecule is Cc1cnc(C(C)NS(=O)(=O)c2ccc(C(F)(F)F)cc2CCl)o1. The molecule has 0 bridgehead atoms. The molecule has 1 heterocycles. The molecule has 2 rings (SSSR count). The van der Waals surface area contributed by atoms with Crippen molar-refractivity contribution in [3.05, 3.63) is 47.2 Å². The highest BCUT2D eigenvalue weighted by Crippen LogP contribution is 2.32. The van der Waals surface area contributed by atoms with Gasteiger partial charge in [0, 0.05) is 5.88 Å². The van der Waals surface area contributed by atoms with Crippen molar-refractivity contribution in [1.29, 1.82) is 0 Å². The summed E-state index contributed by atoms with van der Waals surface area (Å²) in [6, 6.07) is 1.51. The number of sulfonamides is 1. The number of hydrogen-bond acceptors (Lipinski definition) is 4. The monoisotopic (exact) mass is 382 g/mol. The first-order valence-electron chi connectivity index (χ1n) is 6.75.